The number of rotatable bonds is 4. The molecule has 1 unspecified atom stereocenters. The molecule has 1 aliphatic rings. The predicted octanol–water partition coefficient (Wildman–Crippen LogP) is 0.406. The van der Waals surface area contributed by atoms with E-state index < -0.39 is 0 Å². The second kappa shape index (κ2) is 5.09. The van der Waals surface area contributed by atoms with Crippen molar-refractivity contribution >= 4 is 28.8 Å². The summed E-state index contributed by atoms with van der Waals surface area (Å²) in [5.41, 5.74) is 6.96. The molecule has 0 radical (unpaired) electrons. The number of nitrogens with one attached hydrogen (secondary N) is 2. The number of hydrogen-bond acceptors (Lipinski definition) is 4. The van der Waals surface area contributed by atoms with E-state index in [1.165, 1.54) is 0 Å². The highest BCUT2D eigenvalue weighted by Crippen LogP contribution is 2.10. The minimum Gasteiger partial charge on any atom is -0.388 e. The van der Waals surface area contributed by atoms with Crippen LogP contribution >= 0.6 is 12.2 Å². The number of pyridine rings is 1. The molecule has 4 N–H and O–H groups in total. The van der Waals surface area contributed by atoms with Crippen LogP contribution in [0.15, 0.2) is 18.3 Å². The van der Waals surface area contributed by atoms with Crippen molar-refractivity contribution in [2.75, 3.05) is 11.9 Å². The summed E-state index contributed by atoms with van der Waals surface area (Å²) in [6.07, 6.45) is 3.18. The number of nitrogens with two attached hydrogens (primary N) is 1. The Bertz CT molecular complexity index is 432. The number of thiocarbonyl (C=S) groups is 1. The summed E-state index contributed by atoms with van der Waals surface area (Å²) in [6, 6.07) is 3.86. The fraction of sp³-hybridized carbons (Fsp3) is 0.364. The van der Waals surface area contributed by atoms with Gasteiger partial charge in [0, 0.05) is 19.0 Å². The van der Waals surface area contributed by atoms with Crippen LogP contribution in [0.5, 0.6) is 0 Å². The standard InChI is InChI=1S/C11H14N4OS/c12-11(17)9-3-1-7(5-14-9)13-6-8-2-4-10(16)15-8/h1,3,5,8,13H,2,4,6H2,(H2,12,17)(H,15,16). The first-order valence-electron chi connectivity index (χ1n) is 5.44. The Hall–Kier alpha value is -1.69. The molecule has 0 bridgehead atoms. The molecule has 0 saturated carbocycles. The highest BCUT2D eigenvalue weighted by atomic mass is 32.1. The largest absolute Gasteiger partial charge is 0.388 e. The van der Waals surface area contributed by atoms with Crippen LogP contribution in [0.4, 0.5) is 5.69 Å². The Morgan fingerprint density at radius 1 is 1.65 bits per heavy atom. The van der Waals surface area contributed by atoms with Gasteiger partial charge in [-0.05, 0) is 18.6 Å². The summed E-state index contributed by atoms with van der Waals surface area (Å²) < 4.78 is 0. The third-order valence-corrected chi connectivity index (χ3v) is 2.86. The van der Waals surface area contributed by atoms with Gasteiger partial charge in [-0.15, -0.1) is 0 Å². The third-order valence-electron chi connectivity index (χ3n) is 2.65. The lowest BCUT2D eigenvalue weighted by molar-refractivity contribution is -0.119. The normalized spacial score (nSPS) is 18.8. The monoisotopic (exact) mass is 250 g/mol. The second-order valence-electron chi connectivity index (χ2n) is 3.98. The van der Waals surface area contributed by atoms with Gasteiger partial charge in [0.2, 0.25) is 5.91 Å². The molecule has 1 aromatic heterocycles. The van der Waals surface area contributed by atoms with Gasteiger partial charge in [0.15, 0.2) is 0 Å². The molecule has 0 spiro atoms. The minimum absolute atomic E-state index is 0.124. The third kappa shape index (κ3) is 3.13. The highest BCUT2D eigenvalue weighted by Gasteiger charge is 2.19. The predicted molar refractivity (Wildman–Crippen MR) is 69.8 cm³/mol. The van der Waals surface area contributed by atoms with Gasteiger partial charge in [-0.25, -0.2) is 0 Å². The molecule has 6 heteroatoms. The van der Waals surface area contributed by atoms with Crippen molar-refractivity contribution in [1.82, 2.24) is 10.3 Å². The molecule has 1 saturated heterocycles. The van der Waals surface area contributed by atoms with Gasteiger partial charge < -0.3 is 16.4 Å². The Morgan fingerprint density at radius 3 is 3.00 bits per heavy atom. The van der Waals surface area contributed by atoms with Crippen LogP contribution in [0.25, 0.3) is 0 Å². The fourth-order valence-corrected chi connectivity index (χ4v) is 1.84. The van der Waals surface area contributed by atoms with Gasteiger partial charge in [0.1, 0.15) is 4.99 Å². The molecule has 1 amide bonds. The van der Waals surface area contributed by atoms with Crippen molar-refractivity contribution in [3.05, 3.63) is 24.0 Å². The zero-order valence-electron chi connectivity index (χ0n) is 9.27. The molecule has 1 fully saturated rings. The van der Waals surface area contributed by atoms with Gasteiger partial charge in [0.25, 0.3) is 0 Å². The Balaban J connectivity index is 1.87. The van der Waals surface area contributed by atoms with Crippen LogP contribution in [-0.2, 0) is 4.79 Å². The maximum Gasteiger partial charge on any atom is 0.220 e. The molecule has 2 rings (SSSR count). The molecule has 90 valence electrons. The van der Waals surface area contributed by atoms with Crippen LogP contribution < -0.4 is 16.4 Å². The average molecular weight is 250 g/mol. The van der Waals surface area contributed by atoms with Gasteiger partial charge in [0.05, 0.1) is 17.6 Å². The quantitative estimate of drug-likeness (QED) is 0.674. The van der Waals surface area contributed by atoms with Crippen LogP contribution in [0.1, 0.15) is 18.5 Å². The zero-order valence-corrected chi connectivity index (χ0v) is 10.1. The lowest BCUT2D eigenvalue weighted by Crippen LogP contribution is -2.31. The van der Waals surface area contributed by atoms with E-state index >= 15 is 0 Å². The van der Waals surface area contributed by atoms with Crippen LogP contribution in [-0.4, -0.2) is 28.5 Å². The van der Waals surface area contributed by atoms with Gasteiger partial charge >= 0.3 is 0 Å². The van der Waals surface area contributed by atoms with Crippen LogP contribution in [0.2, 0.25) is 0 Å². The van der Waals surface area contributed by atoms with Crippen LogP contribution in [0.3, 0.4) is 0 Å². The summed E-state index contributed by atoms with van der Waals surface area (Å²) in [5.74, 6) is 0.124. The maximum atomic E-state index is 11.0. The molecule has 5 nitrogen and oxygen atoms in total. The van der Waals surface area contributed by atoms with Crippen molar-refractivity contribution < 1.29 is 4.79 Å². The number of anilines is 1. The molecular formula is C11H14N4OS. The molecule has 1 aromatic rings. The van der Waals surface area contributed by atoms with Crippen molar-refractivity contribution in [1.29, 1.82) is 0 Å². The molecular weight excluding hydrogens is 236 g/mol. The number of carbonyl (C=O) groups excluding carboxylic acids is 1. The lowest BCUT2D eigenvalue weighted by Gasteiger charge is -2.12. The Labute approximate surface area is 105 Å². The van der Waals surface area contributed by atoms with E-state index in [-0.39, 0.29) is 11.9 Å². The van der Waals surface area contributed by atoms with E-state index in [4.69, 9.17) is 18.0 Å². The van der Waals surface area contributed by atoms with Crippen molar-refractivity contribution in [2.45, 2.75) is 18.9 Å². The maximum absolute atomic E-state index is 11.0. The topological polar surface area (TPSA) is 80.0 Å². The first-order valence-corrected chi connectivity index (χ1v) is 5.85. The fourth-order valence-electron chi connectivity index (χ4n) is 1.72. The van der Waals surface area contributed by atoms with E-state index in [1.54, 1.807) is 12.3 Å². The smallest absolute Gasteiger partial charge is 0.220 e. The minimum atomic E-state index is 0.124. The molecule has 0 aliphatic carbocycles. The molecule has 2 heterocycles. The lowest BCUT2D eigenvalue weighted by atomic mass is 10.2. The van der Waals surface area contributed by atoms with E-state index in [9.17, 15) is 4.79 Å². The number of aromatic nitrogens is 1. The highest BCUT2D eigenvalue weighted by molar-refractivity contribution is 7.80. The van der Waals surface area contributed by atoms with Crippen molar-refractivity contribution in [2.24, 2.45) is 5.73 Å². The Morgan fingerprint density at radius 2 is 2.47 bits per heavy atom. The van der Waals surface area contributed by atoms with Gasteiger partial charge in [-0.3, -0.25) is 9.78 Å². The molecule has 17 heavy (non-hydrogen) atoms. The Kier molecular flexibility index (Phi) is 3.53. The van der Waals surface area contributed by atoms with Gasteiger partial charge in [-0.2, -0.15) is 0 Å². The summed E-state index contributed by atoms with van der Waals surface area (Å²) in [6.45, 7) is 0.708. The first kappa shape index (κ1) is 11.8. The first-order chi connectivity index (χ1) is 8.15. The van der Waals surface area contributed by atoms with Crippen molar-refractivity contribution in [3.8, 4) is 0 Å². The molecule has 1 atom stereocenters. The van der Waals surface area contributed by atoms with Crippen molar-refractivity contribution in [3.63, 3.8) is 0 Å². The van der Waals surface area contributed by atoms with E-state index in [0.717, 1.165) is 12.1 Å². The van der Waals surface area contributed by atoms with E-state index in [1.807, 2.05) is 6.07 Å². The van der Waals surface area contributed by atoms with E-state index in [2.05, 4.69) is 15.6 Å². The second-order valence-corrected chi connectivity index (χ2v) is 4.42. The summed E-state index contributed by atoms with van der Waals surface area (Å²) in [5, 5.41) is 6.10. The molecule has 1 aliphatic heterocycles. The van der Waals surface area contributed by atoms with E-state index in [0.29, 0.717) is 23.6 Å². The van der Waals surface area contributed by atoms with Gasteiger partial charge in [-0.1, -0.05) is 12.2 Å². The summed E-state index contributed by atoms with van der Waals surface area (Å²) in [7, 11) is 0. The SMILES string of the molecule is NC(=S)c1ccc(NCC2CCC(=O)N2)cn1. The molecule has 0 aromatic carbocycles. The average Bonchev–Trinajstić information content (AvgIpc) is 2.73. The number of hydrogen-bond donors (Lipinski definition) is 3. The number of carbonyl (C=O) groups is 1. The number of nitrogens with zero attached hydrogens (tertiary/aromatic N) is 1. The summed E-state index contributed by atoms with van der Waals surface area (Å²) in [4.78, 5) is 15.4. The van der Waals surface area contributed by atoms with Crippen LogP contribution in [0, 0.1) is 0 Å². The number of amides is 1. The summed E-state index contributed by atoms with van der Waals surface area (Å²) >= 11 is 4.82. The zero-order chi connectivity index (χ0) is 12.3.